The molecule has 1 saturated carbocycles. The monoisotopic (exact) mass is 281 g/mol. The number of nitrogens with one attached hydrogen (secondary N) is 2. The molecular weight excluding hydrogens is 250 g/mol. The molecule has 0 spiro atoms. The van der Waals surface area contributed by atoms with Crippen LogP contribution in [0.5, 0.6) is 0 Å². The van der Waals surface area contributed by atoms with Crippen molar-refractivity contribution in [2.45, 2.75) is 64.0 Å². The summed E-state index contributed by atoms with van der Waals surface area (Å²) in [4.78, 5) is 13.7. The molecule has 1 amide bonds. The Kier molecular flexibility index (Phi) is 6.30. The SMILES string of the molecule is CCN(C)C(=O)CNC1CCCCC1C1CCCCN1. The Morgan fingerprint density at radius 2 is 1.95 bits per heavy atom. The fourth-order valence-corrected chi connectivity index (χ4v) is 3.67. The Hall–Kier alpha value is -0.610. The van der Waals surface area contributed by atoms with E-state index in [1.807, 2.05) is 14.0 Å². The van der Waals surface area contributed by atoms with Gasteiger partial charge >= 0.3 is 0 Å². The van der Waals surface area contributed by atoms with Crippen molar-refractivity contribution in [1.82, 2.24) is 15.5 Å². The summed E-state index contributed by atoms with van der Waals surface area (Å²) in [6.45, 7) is 4.48. The lowest BCUT2D eigenvalue weighted by Gasteiger charge is -2.40. The molecule has 0 bridgehead atoms. The standard InChI is InChI=1S/C16H31N3O/c1-3-19(2)16(20)12-18-15-9-5-4-8-13(15)14-10-6-7-11-17-14/h13-15,17-18H,3-12H2,1-2H3. The van der Waals surface area contributed by atoms with Crippen LogP contribution in [0.1, 0.15) is 51.9 Å². The second-order valence-electron chi connectivity index (χ2n) is 6.40. The average molecular weight is 281 g/mol. The van der Waals surface area contributed by atoms with E-state index >= 15 is 0 Å². The highest BCUT2D eigenvalue weighted by Gasteiger charge is 2.32. The van der Waals surface area contributed by atoms with Crippen LogP contribution in [0, 0.1) is 5.92 Å². The van der Waals surface area contributed by atoms with E-state index in [1.54, 1.807) is 4.90 Å². The first kappa shape index (κ1) is 15.8. The first-order chi connectivity index (χ1) is 9.72. The summed E-state index contributed by atoms with van der Waals surface area (Å²) in [5.41, 5.74) is 0. The number of rotatable bonds is 5. The number of hydrogen-bond acceptors (Lipinski definition) is 3. The third-order valence-electron chi connectivity index (χ3n) is 5.10. The van der Waals surface area contributed by atoms with Crippen molar-refractivity contribution in [3.63, 3.8) is 0 Å². The molecule has 3 unspecified atom stereocenters. The van der Waals surface area contributed by atoms with Crippen molar-refractivity contribution in [3.05, 3.63) is 0 Å². The maximum atomic E-state index is 11.9. The molecule has 0 aromatic carbocycles. The van der Waals surface area contributed by atoms with E-state index in [0.29, 0.717) is 24.5 Å². The van der Waals surface area contributed by atoms with Gasteiger partial charge < -0.3 is 15.5 Å². The van der Waals surface area contributed by atoms with E-state index in [2.05, 4.69) is 10.6 Å². The van der Waals surface area contributed by atoms with E-state index in [-0.39, 0.29) is 5.91 Å². The lowest BCUT2D eigenvalue weighted by atomic mass is 9.77. The van der Waals surface area contributed by atoms with Gasteiger partial charge in [0.2, 0.25) is 5.91 Å². The van der Waals surface area contributed by atoms with Crippen molar-refractivity contribution in [1.29, 1.82) is 0 Å². The number of carbonyl (C=O) groups excluding carboxylic acids is 1. The van der Waals surface area contributed by atoms with Crippen LogP contribution in [0.4, 0.5) is 0 Å². The number of carbonyl (C=O) groups is 1. The molecule has 1 aliphatic carbocycles. The van der Waals surface area contributed by atoms with Crippen LogP contribution in [0.15, 0.2) is 0 Å². The highest BCUT2D eigenvalue weighted by atomic mass is 16.2. The van der Waals surface area contributed by atoms with E-state index in [4.69, 9.17) is 0 Å². The van der Waals surface area contributed by atoms with E-state index in [1.165, 1.54) is 51.5 Å². The maximum absolute atomic E-state index is 11.9. The van der Waals surface area contributed by atoms with Gasteiger partial charge in [-0.3, -0.25) is 4.79 Å². The number of hydrogen-bond donors (Lipinski definition) is 2. The van der Waals surface area contributed by atoms with Crippen LogP contribution in [0.3, 0.4) is 0 Å². The molecule has 2 N–H and O–H groups in total. The topological polar surface area (TPSA) is 44.4 Å². The van der Waals surface area contributed by atoms with Crippen molar-refractivity contribution in [2.24, 2.45) is 5.92 Å². The minimum atomic E-state index is 0.216. The minimum Gasteiger partial charge on any atom is -0.345 e. The Balaban J connectivity index is 1.85. The zero-order valence-corrected chi connectivity index (χ0v) is 13.2. The quantitative estimate of drug-likeness (QED) is 0.807. The van der Waals surface area contributed by atoms with Crippen LogP contribution < -0.4 is 10.6 Å². The normalized spacial score (nSPS) is 31.0. The molecule has 0 aromatic rings. The molecule has 1 saturated heterocycles. The van der Waals surface area contributed by atoms with Gasteiger partial charge in [0, 0.05) is 25.7 Å². The van der Waals surface area contributed by atoms with E-state index in [9.17, 15) is 4.79 Å². The molecule has 0 radical (unpaired) electrons. The lowest BCUT2D eigenvalue weighted by molar-refractivity contribution is -0.129. The van der Waals surface area contributed by atoms with Gasteiger partial charge in [-0.25, -0.2) is 0 Å². The first-order valence-corrected chi connectivity index (χ1v) is 8.43. The lowest BCUT2D eigenvalue weighted by Crippen LogP contribution is -2.52. The van der Waals surface area contributed by atoms with Crippen LogP contribution in [-0.2, 0) is 4.79 Å². The Morgan fingerprint density at radius 3 is 2.65 bits per heavy atom. The van der Waals surface area contributed by atoms with E-state index in [0.717, 1.165) is 6.54 Å². The third-order valence-corrected chi connectivity index (χ3v) is 5.10. The second kappa shape index (κ2) is 7.99. The summed E-state index contributed by atoms with van der Waals surface area (Å²) < 4.78 is 0. The van der Waals surface area contributed by atoms with Gasteiger partial charge in [-0.1, -0.05) is 19.3 Å². The number of amides is 1. The first-order valence-electron chi connectivity index (χ1n) is 8.43. The highest BCUT2D eigenvalue weighted by Crippen LogP contribution is 2.30. The minimum absolute atomic E-state index is 0.216. The highest BCUT2D eigenvalue weighted by molar-refractivity contribution is 5.77. The molecule has 3 atom stereocenters. The summed E-state index contributed by atoms with van der Waals surface area (Å²) in [6, 6.07) is 1.19. The Morgan fingerprint density at radius 1 is 1.20 bits per heavy atom. The van der Waals surface area contributed by atoms with Crippen LogP contribution in [0.25, 0.3) is 0 Å². The number of likely N-dealkylation sites (N-methyl/N-ethyl adjacent to an activating group) is 1. The van der Waals surface area contributed by atoms with Crippen molar-refractivity contribution in [2.75, 3.05) is 26.7 Å². The number of piperidine rings is 1. The van der Waals surface area contributed by atoms with Crippen molar-refractivity contribution < 1.29 is 4.79 Å². The van der Waals surface area contributed by atoms with Gasteiger partial charge in [-0.05, 0) is 45.1 Å². The molecule has 1 heterocycles. The summed E-state index contributed by atoms with van der Waals surface area (Å²) in [7, 11) is 1.88. The van der Waals surface area contributed by atoms with Crippen LogP contribution >= 0.6 is 0 Å². The van der Waals surface area contributed by atoms with Gasteiger partial charge in [0.25, 0.3) is 0 Å². The molecule has 20 heavy (non-hydrogen) atoms. The molecule has 1 aliphatic heterocycles. The fraction of sp³-hybridized carbons (Fsp3) is 0.938. The number of nitrogens with zero attached hydrogens (tertiary/aromatic N) is 1. The van der Waals surface area contributed by atoms with Crippen LogP contribution in [0.2, 0.25) is 0 Å². The zero-order valence-electron chi connectivity index (χ0n) is 13.2. The van der Waals surface area contributed by atoms with E-state index < -0.39 is 0 Å². The van der Waals surface area contributed by atoms with Crippen LogP contribution in [-0.4, -0.2) is 49.6 Å². The summed E-state index contributed by atoms with van der Waals surface area (Å²) in [5.74, 6) is 0.928. The molecule has 116 valence electrons. The summed E-state index contributed by atoms with van der Waals surface area (Å²) >= 11 is 0. The van der Waals surface area contributed by atoms with Gasteiger partial charge in [0.15, 0.2) is 0 Å². The molecule has 0 aromatic heterocycles. The predicted octanol–water partition coefficient (Wildman–Crippen LogP) is 1.76. The molecule has 2 rings (SSSR count). The molecule has 4 heteroatoms. The smallest absolute Gasteiger partial charge is 0.236 e. The van der Waals surface area contributed by atoms with Gasteiger partial charge in [0.1, 0.15) is 0 Å². The van der Waals surface area contributed by atoms with Crippen molar-refractivity contribution >= 4 is 5.91 Å². The van der Waals surface area contributed by atoms with Gasteiger partial charge in [-0.15, -0.1) is 0 Å². The Bertz CT molecular complexity index is 302. The van der Waals surface area contributed by atoms with Crippen molar-refractivity contribution in [3.8, 4) is 0 Å². The summed E-state index contributed by atoms with van der Waals surface area (Å²) in [6.07, 6.45) is 9.19. The average Bonchev–Trinajstić information content (AvgIpc) is 2.53. The van der Waals surface area contributed by atoms with Gasteiger partial charge in [-0.2, -0.15) is 0 Å². The van der Waals surface area contributed by atoms with Gasteiger partial charge in [0.05, 0.1) is 6.54 Å². The summed E-state index contributed by atoms with van der Waals surface area (Å²) in [5, 5.41) is 7.26. The molecule has 2 fully saturated rings. The fourth-order valence-electron chi connectivity index (χ4n) is 3.67. The zero-order chi connectivity index (χ0) is 14.4. The molecule has 4 nitrogen and oxygen atoms in total. The maximum Gasteiger partial charge on any atom is 0.236 e. The molecular formula is C16H31N3O. The predicted molar refractivity (Wildman–Crippen MR) is 82.7 cm³/mol. The Labute approximate surface area is 123 Å². The third kappa shape index (κ3) is 4.19. The largest absolute Gasteiger partial charge is 0.345 e. The second-order valence-corrected chi connectivity index (χ2v) is 6.40. The molecule has 2 aliphatic rings.